The summed E-state index contributed by atoms with van der Waals surface area (Å²) in [6.45, 7) is -3.78. The number of alkyl halides is 3. The Hall–Kier alpha value is -2.62. The van der Waals surface area contributed by atoms with Crippen LogP contribution in [0.1, 0.15) is 4.88 Å². The molecule has 0 unspecified atom stereocenters. The van der Waals surface area contributed by atoms with Gasteiger partial charge in [0.15, 0.2) is 4.80 Å². The second-order valence-corrected chi connectivity index (χ2v) is 10.0. The molecule has 0 spiro atoms. The van der Waals surface area contributed by atoms with Crippen molar-refractivity contribution < 1.29 is 13.2 Å². The van der Waals surface area contributed by atoms with Crippen LogP contribution < -0.4 is 4.80 Å². The molecule has 0 amide bonds. The Morgan fingerprint density at radius 2 is 1.43 bits per heavy atom. The van der Waals surface area contributed by atoms with Gasteiger partial charge >= 0.3 is 0 Å². The summed E-state index contributed by atoms with van der Waals surface area (Å²) in [4.78, 5) is 10.2. The maximum atomic E-state index is 14.3. The molecule has 0 aliphatic rings. The summed E-state index contributed by atoms with van der Waals surface area (Å²) in [6.07, 6.45) is 0. The second kappa shape index (κ2) is 11.4. The van der Waals surface area contributed by atoms with E-state index in [-0.39, 0.29) is 5.71 Å². The molecule has 3 aromatic carbocycles. The van der Waals surface area contributed by atoms with Crippen LogP contribution in [-0.2, 0) is 0 Å². The van der Waals surface area contributed by atoms with Gasteiger partial charge in [0.05, 0.1) is 32.4 Å². The molecule has 0 radical (unpaired) electrons. The summed E-state index contributed by atoms with van der Waals surface area (Å²) in [5.74, 6) is 0. The molecule has 35 heavy (non-hydrogen) atoms. The van der Waals surface area contributed by atoms with Crippen molar-refractivity contribution in [2.24, 2.45) is 15.4 Å². The standard InChI is InChI=1S/C26H21BrF3N3S2/c27-20-13-7-8-14-21(20)32-23(26(15-28,16-29)17-30)22-24(34)33(19-11-5-2-6-12-19)25(35-22)31-18-9-3-1-4-10-18/h1-14,34H,15-17H2. The third-order valence-electron chi connectivity index (χ3n) is 5.36. The largest absolute Gasteiger partial charge is 0.279 e. The van der Waals surface area contributed by atoms with Gasteiger partial charge in [-0.1, -0.05) is 59.9 Å². The summed E-state index contributed by atoms with van der Waals surface area (Å²) in [5, 5.41) is 0.362. The Labute approximate surface area is 219 Å². The second-order valence-electron chi connectivity index (χ2n) is 7.75. The van der Waals surface area contributed by atoms with Crippen LogP contribution in [0.4, 0.5) is 24.5 Å². The first-order valence-corrected chi connectivity index (χ1v) is 12.7. The number of benzene rings is 3. The topological polar surface area (TPSA) is 29.6 Å². The molecule has 0 fully saturated rings. The lowest BCUT2D eigenvalue weighted by atomic mass is 9.86. The summed E-state index contributed by atoms with van der Waals surface area (Å²) < 4.78 is 45.4. The van der Waals surface area contributed by atoms with Crippen molar-refractivity contribution in [3.8, 4) is 5.69 Å². The number of thiazole rings is 1. The quantitative estimate of drug-likeness (QED) is 0.164. The number of nitrogens with zero attached hydrogens (tertiary/aromatic N) is 3. The number of rotatable bonds is 8. The first kappa shape index (κ1) is 25.5. The predicted octanol–water partition coefficient (Wildman–Crippen LogP) is 7.84. The van der Waals surface area contributed by atoms with Crippen molar-refractivity contribution >= 4 is 57.0 Å². The lowest BCUT2D eigenvalue weighted by Crippen LogP contribution is -2.38. The summed E-state index contributed by atoms with van der Waals surface area (Å²) >= 11 is 9.32. The van der Waals surface area contributed by atoms with Crippen LogP contribution in [0.2, 0.25) is 0 Å². The first-order valence-electron chi connectivity index (χ1n) is 10.6. The molecule has 0 atom stereocenters. The molecular formula is C26H21BrF3N3S2. The minimum atomic E-state index is -2.07. The van der Waals surface area contributed by atoms with Crippen LogP contribution in [-0.4, -0.2) is 30.3 Å². The number of halogens is 4. The molecule has 0 saturated carbocycles. The van der Waals surface area contributed by atoms with E-state index in [1.807, 2.05) is 60.7 Å². The highest BCUT2D eigenvalue weighted by atomic mass is 79.9. The summed E-state index contributed by atoms with van der Waals surface area (Å²) in [6, 6.07) is 25.6. The molecule has 3 nitrogen and oxygen atoms in total. The van der Waals surface area contributed by atoms with Gasteiger partial charge in [0.25, 0.3) is 0 Å². The lowest BCUT2D eigenvalue weighted by molar-refractivity contribution is 0.184. The number of aromatic nitrogens is 1. The number of para-hydroxylation sites is 3. The van der Waals surface area contributed by atoms with E-state index in [4.69, 9.17) is 17.6 Å². The number of aliphatic imine (C=N–C) groups is 1. The maximum absolute atomic E-state index is 14.3. The number of hydrogen-bond donors (Lipinski definition) is 1. The highest BCUT2D eigenvalue weighted by Crippen LogP contribution is 2.36. The van der Waals surface area contributed by atoms with Crippen molar-refractivity contribution in [3.05, 3.63) is 99.1 Å². The van der Waals surface area contributed by atoms with Gasteiger partial charge in [-0.15, -0.1) is 12.6 Å². The fourth-order valence-corrected chi connectivity index (χ4v) is 5.45. The number of hydrogen-bond acceptors (Lipinski definition) is 4. The van der Waals surface area contributed by atoms with E-state index in [0.717, 1.165) is 17.0 Å². The van der Waals surface area contributed by atoms with E-state index < -0.39 is 25.4 Å². The predicted molar refractivity (Wildman–Crippen MR) is 143 cm³/mol. The molecule has 0 bridgehead atoms. The molecule has 4 rings (SSSR count). The van der Waals surface area contributed by atoms with E-state index >= 15 is 0 Å². The van der Waals surface area contributed by atoms with Crippen LogP contribution in [0, 0.1) is 5.41 Å². The molecular weight excluding hydrogens is 555 g/mol. The molecule has 4 aromatic rings. The minimum absolute atomic E-state index is 0.0499. The van der Waals surface area contributed by atoms with Gasteiger partial charge in [-0.2, -0.15) is 0 Å². The zero-order chi connectivity index (χ0) is 24.8. The molecule has 180 valence electrons. The molecule has 9 heteroatoms. The fourth-order valence-electron chi connectivity index (χ4n) is 3.39. The highest BCUT2D eigenvalue weighted by Gasteiger charge is 2.40. The van der Waals surface area contributed by atoms with E-state index in [1.165, 1.54) is 0 Å². The average Bonchev–Trinajstić information content (AvgIpc) is 3.21. The van der Waals surface area contributed by atoms with Crippen LogP contribution in [0.25, 0.3) is 5.69 Å². The van der Waals surface area contributed by atoms with Crippen LogP contribution >= 0.6 is 39.9 Å². The fraction of sp³-hybridized carbons (Fsp3) is 0.154. The Morgan fingerprint density at radius 1 is 0.857 bits per heavy atom. The van der Waals surface area contributed by atoms with Crippen LogP contribution in [0.5, 0.6) is 0 Å². The minimum Gasteiger partial charge on any atom is -0.279 e. The van der Waals surface area contributed by atoms with Crippen molar-refractivity contribution in [2.45, 2.75) is 5.03 Å². The molecule has 1 heterocycles. The third-order valence-corrected chi connectivity index (χ3v) is 7.66. The normalized spacial score (nSPS) is 12.8. The van der Waals surface area contributed by atoms with Crippen molar-refractivity contribution in [2.75, 3.05) is 20.0 Å². The summed E-state index contributed by atoms with van der Waals surface area (Å²) in [7, 11) is 0. The van der Waals surface area contributed by atoms with Gasteiger partial charge in [-0.05, 0) is 52.3 Å². The monoisotopic (exact) mass is 575 g/mol. The maximum Gasteiger partial charge on any atom is 0.196 e. The van der Waals surface area contributed by atoms with Crippen LogP contribution in [0.15, 0.2) is 104 Å². The summed E-state index contributed by atoms with van der Waals surface area (Å²) in [5.41, 5.74) is -0.255. The van der Waals surface area contributed by atoms with E-state index in [2.05, 4.69) is 20.9 Å². The Kier molecular flexibility index (Phi) is 8.30. The lowest BCUT2D eigenvalue weighted by Gasteiger charge is -2.26. The molecule has 0 aliphatic carbocycles. The zero-order valence-electron chi connectivity index (χ0n) is 18.4. The van der Waals surface area contributed by atoms with E-state index in [0.29, 0.717) is 30.6 Å². The van der Waals surface area contributed by atoms with Gasteiger partial charge in [0, 0.05) is 10.2 Å². The molecule has 0 N–H and O–H groups in total. The molecule has 0 saturated heterocycles. The number of thiol groups is 1. The third kappa shape index (κ3) is 5.32. The highest BCUT2D eigenvalue weighted by molar-refractivity contribution is 9.10. The average molecular weight is 577 g/mol. The van der Waals surface area contributed by atoms with E-state index in [9.17, 15) is 13.2 Å². The zero-order valence-corrected chi connectivity index (χ0v) is 21.7. The van der Waals surface area contributed by atoms with Gasteiger partial charge in [0.1, 0.15) is 20.0 Å². The SMILES string of the molecule is FCC(CF)(CF)C(=Nc1ccccc1Br)c1sc(=Nc2ccccc2)n(-c2ccccc2)c1S. The van der Waals surface area contributed by atoms with Gasteiger partial charge in [-0.25, -0.2) is 23.2 Å². The Morgan fingerprint density at radius 3 is 2.03 bits per heavy atom. The van der Waals surface area contributed by atoms with E-state index in [1.54, 1.807) is 28.8 Å². The van der Waals surface area contributed by atoms with Crippen molar-refractivity contribution in [1.29, 1.82) is 0 Å². The van der Waals surface area contributed by atoms with Crippen LogP contribution in [0.3, 0.4) is 0 Å². The Balaban J connectivity index is 2.05. The van der Waals surface area contributed by atoms with Crippen molar-refractivity contribution in [1.82, 2.24) is 4.57 Å². The molecule has 1 aromatic heterocycles. The van der Waals surface area contributed by atoms with Crippen molar-refractivity contribution in [3.63, 3.8) is 0 Å². The van der Waals surface area contributed by atoms with Gasteiger partial charge in [0.2, 0.25) is 0 Å². The van der Waals surface area contributed by atoms with Gasteiger partial charge in [-0.3, -0.25) is 4.57 Å². The smallest absolute Gasteiger partial charge is 0.196 e. The van der Waals surface area contributed by atoms with Gasteiger partial charge < -0.3 is 0 Å². The Bertz CT molecular complexity index is 1370. The first-order chi connectivity index (χ1) is 17.0. The molecule has 0 aliphatic heterocycles.